The maximum atomic E-state index is 12.9. The van der Waals surface area contributed by atoms with Crippen LogP contribution >= 0.6 is 0 Å². The molecule has 0 heterocycles. The number of halogens is 6. The third-order valence-electron chi connectivity index (χ3n) is 3.94. The molecule has 0 amide bonds. The normalized spacial score (nSPS) is 12.9. The Morgan fingerprint density at radius 1 is 1.03 bits per heavy atom. The minimum Gasteiger partial charge on any atom is -0.491 e. The number of nitrogens with zero attached hydrogens (tertiary/aromatic N) is 1. The van der Waals surface area contributed by atoms with Crippen molar-refractivity contribution in [1.82, 2.24) is 0 Å². The number of rotatable bonds is 6. The lowest BCUT2D eigenvalue weighted by atomic mass is 10.1. The van der Waals surface area contributed by atoms with Gasteiger partial charge in [0.1, 0.15) is 18.5 Å². The Bertz CT molecular complexity index is 903. The molecule has 0 aromatic heterocycles. The van der Waals surface area contributed by atoms with Crippen LogP contribution in [0.15, 0.2) is 36.4 Å². The zero-order valence-corrected chi connectivity index (χ0v) is 15.0. The molecule has 0 aliphatic heterocycles. The highest BCUT2D eigenvalue weighted by molar-refractivity contribution is 5.49. The fourth-order valence-corrected chi connectivity index (χ4v) is 2.47. The molecule has 0 aliphatic rings. The molecule has 0 fully saturated rings. The van der Waals surface area contributed by atoms with Gasteiger partial charge in [-0.25, -0.2) is 0 Å². The molecule has 1 atom stereocenters. The summed E-state index contributed by atoms with van der Waals surface area (Å²) in [6.45, 7) is 0.721. The van der Waals surface area contributed by atoms with Gasteiger partial charge in [-0.05, 0) is 42.8 Å². The Hall–Kier alpha value is -2.93. The second kappa shape index (κ2) is 8.61. The van der Waals surface area contributed by atoms with Crippen LogP contribution in [0.1, 0.15) is 22.3 Å². The van der Waals surface area contributed by atoms with Gasteiger partial charge in [0.05, 0.1) is 22.8 Å². The van der Waals surface area contributed by atoms with Gasteiger partial charge in [-0.15, -0.1) is 0 Å². The molecule has 2 aromatic carbocycles. The first kappa shape index (κ1) is 22.4. The van der Waals surface area contributed by atoms with E-state index in [4.69, 9.17) is 10.00 Å². The van der Waals surface area contributed by atoms with Gasteiger partial charge in [0.25, 0.3) is 0 Å². The molecule has 0 spiro atoms. The monoisotopic (exact) mass is 418 g/mol. The molecule has 0 aliphatic carbocycles. The van der Waals surface area contributed by atoms with Crippen molar-refractivity contribution in [3.63, 3.8) is 0 Å². The van der Waals surface area contributed by atoms with E-state index in [1.54, 1.807) is 0 Å². The largest absolute Gasteiger partial charge is 0.491 e. The number of aryl methyl sites for hydroxylation is 1. The van der Waals surface area contributed by atoms with Crippen LogP contribution in [0, 0.1) is 18.3 Å². The van der Waals surface area contributed by atoms with Crippen LogP contribution in [0.25, 0.3) is 0 Å². The fourth-order valence-electron chi connectivity index (χ4n) is 2.47. The summed E-state index contributed by atoms with van der Waals surface area (Å²) in [5.41, 5.74) is -2.37. The topological polar surface area (TPSA) is 65.3 Å². The lowest BCUT2D eigenvalue weighted by Crippen LogP contribution is -2.26. The van der Waals surface area contributed by atoms with E-state index in [9.17, 15) is 31.4 Å². The lowest BCUT2D eigenvalue weighted by molar-refractivity contribution is -0.138. The van der Waals surface area contributed by atoms with E-state index in [-0.39, 0.29) is 23.5 Å². The second-order valence-corrected chi connectivity index (χ2v) is 6.19. The Labute approximate surface area is 162 Å². The van der Waals surface area contributed by atoms with Crippen LogP contribution in [0.2, 0.25) is 0 Å². The summed E-state index contributed by atoms with van der Waals surface area (Å²) in [6, 6.07) is 7.79. The standard InChI is InChI=1S/C19H16F6N2O2/c1-11-2-4-13(6-16(11)18(20,21)22)27-9-14(28)10-29-15-5-3-12(8-26)17(7-15)19(23,24)25/h2-7,14,27-28H,9-10H2,1H3. The summed E-state index contributed by atoms with van der Waals surface area (Å²) < 4.78 is 82.6. The number of hydrogen-bond acceptors (Lipinski definition) is 4. The van der Waals surface area contributed by atoms with Gasteiger partial charge in [0.15, 0.2) is 0 Å². The van der Waals surface area contributed by atoms with Crippen molar-refractivity contribution in [2.45, 2.75) is 25.4 Å². The highest BCUT2D eigenvalue weighted by Gasteiger charge is 2.34. The molecule has 0 saturated heterocycles. The van der Waals surface area contributed by atoms with E-state index in [2.05, 4.69) is 5.32 Å². The summed E-state index contributed by atoms with van der Waals surface area (Å²) in [5, 5.41) is 21.3. The number of anilines is 1. The van der Waals surface area contributed by atoms with E-state index in [0.29, 0.717) is 6.07 Å². The van der Waals surface area contributed by atoms with E-state index < -0.39 is 41.8 Å². The quantitative estimate of drug-likeness (QED) is 0.665. The van der Waals surface area contributed by atoms with Crippen molar-refractivity contribution >= 4 is 5.69 Å². The summed E-state index contributed by atoms with van der Waals surface area (Å²) in [6.07, 6.45) is -10.5. The molecule has 2 N–H and O–H groups in total. The number of aliphatic hydroxyl groups is 1. The van der Waals surface area contributed by atoms with Gasteiger partial charge < -0.3 is 15.2 Å². The summed E-state index contributed by atoms with van der Waals surface area (Å²) in [5.74, 6) is -0.204. The average Bonchev–Trinajstić information content (AvgIpc) is 2.63. The van der Waals surface area contributed by atoms with Crippen LogP contribution < -0.4 is 10.1 Å². The van der Waals surface area contributed by atoms with Gasteiger partial charge in [0, 0.05) is 12.2 Å². The number of alkyl halides is 6. The molecule has 2 rings (SSSR count). The van der Waals surface area contributed by atoms with E-state index in [1.807, 2.05) is 0 Å². The molecule has 4 nitrogen and oxygen atoms in total. The number of benzene rings is 2. The Balaban J connectivity index is 1.98. The second-order valence-electron chi connectivity index (χ2n) is 6.19. The maximum Gasteiger partial charge on any atom is 0.417 e. The zero-order chi connectivity index (χ0) is 21.8. The number of nitrogens with one attached hydrogen (secondary N) is 1. The maximum absolute atomic E-state index is 12.9. The van der Waals surface area contributed by atoms with Crippen LogP contribution in [0.5, 0.6) is 5.75 Å². The predicted octanol–water partition coefficient (Wildman–Crippen LogP) is 4.76. The van der Waals surface area contributed by atoms with E-state index in [0.717, 1.165) is 18.2 Å². The van der Waals surface area contributed by atoms with Crippen LogP contribution in [-0.4, -0.2) is 24.4 Å². The van der Waals surface area contributed by atoms with Gasteiger partial charge in [-0.3, -0.25) is 0 Å². The number of aliphatic hydroxyl groups excluding tert-OH is 1. The molecule has 0 saturated carbocycles. The number of ether oxygens (including phenoxy) is 1. The average molecular weight is 418 g/mol. The zero-order valence-electron chi connectivity index (χ0n) is 15.0. The number of nitriles is 1. The highest BCUT2D eigenvalue weighted by Crippen LogP contribution is 2.35. The van der Waals surface area contributed by atoms with Crippen molar-refractivity contribution in [2.75, 3.05) is 18.5 Å². The van der Waals surface area contributed by atoms with Gasteiger partial charge in [-0.1, -0.05) is 6.07 Å². The first-order valence-corrected chi connectivity index (χ1v) is 8.25. The Morgan fingerprint density at radius 3 is 2.28 bits per heavy atom. The Kier molecular flexibility index (Phi) is 6.64. The predicted molar refractivity (Wildman–Crippen MR) is 92.3 cm³/mol. The molecular weight excluding hydrogens is 402 g/mol. The van der Waals surface area contributed by atoms with Crippen molar-refractivity contribution in [3.05, 3.63) is 58.7 Å². The number of hydrogen-bond donors (Lipinski definition) is 2. The molecule has 0 radical (unpaired) electrons. The Morgan fingerprint density at radius 2 is 1.69 bits per heavy atom. The first-order chi connectivity index (χ1) is 13.4. The van der Waals surface area contributed by atoms with Crippen LogP contribution in [0.4, 0.5) is 32.0 Å². The SMILES string of the molecule is Cc1ccc(NCC(O)COc2ccc(C#N)c(C(F)(F)F)c2)cc1C(F)(F)F. The minimum atomic E-state index is -4.74. The lowest BCUT2D eigenvalue weighted by Gasteiger charge is -2.17. The van der Waals surface area contributed by atoms with Crippen molar-refractivity contribution in [1.29, 1.82) is 5.26 Å². The van der Waals surface area contributed by atoms with Crippen LogP contribution in [-0.2, 0) is 12.4 Å². The van der Waals surface area contributed by atoms with Gasteiger partial charge in [0.2, 0.25) is 0 Å². The molecule has 0 bridgehead atoms. The third-order valence-corrected chi connectivity index (χ3v) is 3.94. The van der Waals surface area contributed by atoms with Gasteiger partial charge >= 0.3 is 12.4 Å². The molecule has 10 heteroatoms. The third kappa shape index (κ3) is 6.02. The smallest absolute Gasteiger partial charge is 0.417 e. The summed E-state index contributed by atoms with van der Waals surface area (Å²) >= 11 is 0. The molecule has 1 unspecified atom stereocenters. The molecule has 2 aromatic rings. The van der Waals surface area contributed by atoms with Crippen molar-refractivity contribution in [3.8, 4) is 11.8 Å². The van der Waals surface area contributed by atoms with Gasteiger partial charge in [-0.2, -0.15) is 31.6 Å². The molecular formula is C19H16F6N2O2. The van der Waals surface area contributed by atoms with Crippen molar-refractivity contribution in [2.24, 2.45) is 0 Å². The summed E-state index contributed by atoms with van der Waals surface area (Å²) in [4.78, 5) is 0. The minimum absolute atomic E-state index is 0.0493. The molecule has 29 heavy (non-hydrogen) atoms. The van der Waals surface area contributed by atoms with Crippen molar-refractivity contribution < 1.29 is 36.2 Å². The summed E-state index contributed by atoms with van der Waals surface area (Å²) in [7, 11) is 0. The highest BCUT2D eigenvalue weighted by atomic mass is 19.4. The van der Waals surface area contributed by atoms with E-state index >= 15 is 0 Å². The van der Waals surface area contributed by atoms with Crippen LogP contribution in [0.3, 0.4) is 0 Å². The fraction of sp³-hybridized carbons (Fsp3) is 0.316. The molecule has 156 valence electrons. The van der Waals surface area contributed by atoms with E-state index in [1.165, 1.54) is 25.1 Å². The first-order valence-electron chi connectivity index (χ1n) is 8.25.